The zero-order valence-corrected chi connectivity index (χ0v) is 11.6. The van der Waals surface area contributed by atoms with E-state index >= 15 is 0 Å². The summed E-state index contributed by atoms with van der Waals surface area (Å²) < 4.78 is 0. The fraction of sp³-hybridized carbons (Fsp3) is 0.0588. The van der Waals surface area contributed by atoms with Gasteiger partial charge in [-0.2, -0.15) is 5.26 Å². The number of nitrogens with zero attached hydrogens (tertiary/aromatic N) is 2. The Morgan fingerprint density at radius 1 is 1.14 bits per heavy atom. The van der Waals surface area contributed by atoms with Crippen LogP contribution < -0.4 is 11.1 Å². The second-order valence-corrected chi connectivity index (χ2v) is 4.87. The van der Waals surface area contributed by atoms with Crippen LogP contribution in [-0.4, -0.2) is 4.98 Å². The molecule has 0 aliphatic carbocycles. The lowest BCUT2D eigenvalue weighted by molar-refractivity contribution is 1.25. The van der Waals surface area contributed by atoms with E-state index in [0.29, 0.717) is 11.3 Å². The SMILES string of the molecule is Cc1ccc2cccc(Nc3ccc(C#N)c(N)c3)c2n1. The summed E-state index contributed by atoms with van der Waals surface area (Å²) in [6.07, 6.45) is 0. The van der Waals surface area contributed by atoms with E-state index < -0.39 is 0 Å². The predicted octanol–water partition coefficient (Wildman–Crippen LogP) is 3.74. The molecule has 2 aromatic carbocycles. The van der Waals surface area contributed by atoms with E-state index in [0.717, 1.165) is 28.0 Å². The van der Waals surface area contributed by atoms with E-state index in [1.54, 1.807) is 12.1 Å². The number of hydrogen-bond donors (Lipinski definition) is 2. The first-order chi connectivity index (χ1) is 10.2. The topological polar surface area (TPSA) is 74.7 Å². The van der Waals surface area contributed by atoms with Gasteiger partial charge in [-0.25, -0.2) is 0 Å². The van der Waals surface area contributed by atoms with Crippen LogP contribution in [-0.2, 0) is 0 Å². The van der Waals surface area contributed by atoms with Crippen molar-refractivity contribution in [2.75, 3.05) is 11.1 Å². The third-order valence-corrected chi connectivity index (χ3v) is 3.31. The molecular formula is C17H14N4. The van der Waals surface area contributed by atoms with Gasteiger partial charge in [-0.3, -0.25) is 4.98 Å². The number of nitrogens with two attached hydrogens (primary N) is 1. The first-order valence-corrected chi connectivity index (χ1v) is 6.60. The highest BCUT2D eigenvalue weighted by Gasteiger charge is 2.05. The number of aromatic nitrogens is 1. The van der Waals surface area contributed by atoms with E-state index in [-0.39, 0.29) is 0 Å². The zero-order chi connectivity index (χ0) is 14.8. The van der Waals surface area contributed by atoms with E-state index in [1.807, 2.05) is 37.3 Å². The molecule has 21 heavy (non-hydrogen) atoms. The van der Waals surface area contributed by atoms with Crippen LogP contribution in [0.1, 0.15) is 11.3 Å². The van der Waals surface area contributed by atoms with Crippen molar-refractivity contribution in [2.45, 2.75) is 6.92 Å². The van der Waals surface area contributed by atoms with Gasteiger partial charge < -0.3 is 11.1 Å². The minimum Gasteiger partial charge on any atom is -0.398 e. The molecular weight excluding hydrogens is 260 g/mol. The number of rotatable bonds is 2. The number of para-hydroxylation sites is 1. The Labute approximate surface area is 122 Å². The van der Waals surface area contributed by atoms with Gasteiger partial charge in [0.2, 0.25) is 0 Å². The average Bonchev–Trinajstić information content (AvgIpc) is 2.48. The van der Waals surface area contributed by atoms with Gasteiger partial charge in [0.25, 0.3) is 0 Å². The highest BCUT2D eigenvalue weighted by molar-refractivity contribution is 5.92. The molecule has 1 heterocycles. The van der Waals surface area contributed by atoms with Gasteiger partial charge in [0, 0.05) is 16.8 Å². The first-order valence-electron chi connectivity index (χ1n) is 6.60. The number of benzene rings is 2. The molecule has 3 N–H and O–H groups in total. The highest BCUT2D eigenvalue weighted by atomic mass is 14.9. The quantitative estimate of drug-likeness (QED) is 0.698. The Morgan fingerprint density at radius 2 is 2.00 bits per heavy atom. The van der Waals surface area contributed by atoms with Crippen molar-refractivity contribution < 1.29 is 0 Å². The van der Waals surface area contributed by atoms with Crippen molar-refractivity contribution in [1.29, 1.82) is 5.26 Å². The smallest absolute Gasteiger partial charge is 0.101 e. The molecule has 3 rings (SSSR count). The molecule has 0 amide bonds. The summed E-state index contributed by atoms with van der Waals surface area (Å²) in [6, 6.07) is 17.4. The Kier molecular flexibility index (Phi) is 3.17. The van der Waals surface area contributed by atoms with Gasteiger partial charge >= 0.3 is 0 Å². The molecule has 0 unspecified atom stereocenters. The van der Waals surface area contributed by atoms with Crippen LogP contribution in [0.15, 0.2) is 48.5 Å². The molecule has 3 aromatic rings. The van der Waals surface area contributed by atoms with E-state index in [9.17, 15) is 0 Å². The van der Waals surface area contributed by atoms with Crippen LogP contribution in [0.25, 0.3) is 10.9 Å². The molecule has 0 radical (unpaired) electrons. The fourth-order valence-electron chi connectivity index (χ4n) is 2.24. The fourth-order valence-corrected chi connectivity index (χ4v) is 2.24. The van der Waals surface area contributed by atoms with Gasteiger partial charge in [0.05, 0.1) is 22.5 Å². The van der Waals surface area contributed by atoms with Crippen LogP contribution in [0, 0.1) is 18.3 Å². The molecule has 0 spiro atoms. The first kappa shape index (κ1) is 12.9. The van der Waals surface area contributed by atoms with Crippen LogP contribution in [0.2, 0.25) is 0 Å². The van der Waals surface area contributed by atoms with Gasteiger partial charge in [-0.05, 0) is 37.3 Å². The summed E-state index contributed by atoms with van der Waals surface area (Å²) >= 11 is 0. The third-order valence-electron chi connectivity index (χ3n) is 3.31. The zero-order valence-electron chi connectivity index (χ0n) is 11.6. The van der Waals surface area contributed by atoms with Crippen LogP contribution >= 0.6 is 0 Å². The van der Waals surface area contributed by atoms with Crippen molar-refractivity contribution in [3.05, 3.63) is 59.8 Å². The van der Waals surface area contributed by atoms with Crippen molar-refractivity contribution in [1.82, 2.24) is 4.98 Å². The summed E-state index contributed by atoms with van der Waals surface area (Å²) in [5, 5.41) is 13.3. The standard InChI is InChI=1S/C17H14N4/c1-11-5-6-12-3-2-4-16(17(12)20-11)21-14-8-7-13(10-18)15(19)9-14/h2-9,21H,19H2,1H3. The van der Waals surface area contributed by atoms with E-state index in [4.69, 9.17) is 11.0 Å². The van der Waals surface area contributed by atoms with Crippen LogP contribution in [0.3, 0.4) is 0 Å². The molecule has 4 nitrogen and oxygen atoms in total. The number of hydrogen-bond acceptors (Lipinski definition) is 4. The monoisotopic (exact) mass is 274 g/mol. The van der Waals surface area contributed by atoms with Crippen molar-refractivity contribution >= 4 is 28.0 Å². The molecule has 0 aliphatic heterocycles. The van der Waals surface area contributed by atoms with Crippen molar-refractivity contribution in [3.8, 4) is 6.07 Å². The number of fused-ring (bicyclic) bond motifs is 1. The summed E-state index contributed by atoms with van der Waals surface area (Å²) in [4.78, 5) is 4.58. The maximum atomic E-state index is 8.91. The molecule has 0 saturated heterocycles. The Morgan fingerprint density at radius 3 is 2.76 bits per heavy atom. The summed E-state index contributed by atoms with van der Waals surface area (Å²) in [5.41, 5.74) is 10.4. The second kappa shape index (κ2) is 5.14. The average molecular weight is 274 g/mol. The van der Waals surface area contributed by atoms with E-state index in [1.165, 1.54) is 0 Å². The normalized spacial score (nSPS) is 10.3. The minimum atomic E-state index is 0.465. The number of anilines is 3. The number of aryl methyl sites for hydroxylation is 1. The van der Waals surface area contributed by atoms with Crippen LogP contribution in [0.4, 0.5) is 17.1 Å². The van der Waals surface area contributed by atoms with E-state index in [2.05, 4.69) is 22.4 Å². The lowest BCUT2D eigenvalue weighted by Gasteiger charge is -2.10. The molecule has 4 heteroatoms. The van der Waals surface area contributed by atoms with Crippen molar-refractivity contribution in [2.24, 2.45) is 0 Å². The van der Waals surface area contributed by atoms with Gasteiger partial charge in [-0.15, -0.1) is 0 Å². The molecule has 0 aliphatic rings. The van der Waals surface area contributed by atoms with Gasteiger partial charge in [0.15, 0.2) is 0 Å². The maximum Gasteiger partial charge on any atom is 0.101 e. The lowest BCUT2D eigenvalue weighted by atomic mass is 10.1. The predicted molar refractivity (Wildman–Crippen MR) is 85.3 cm³/mol. The Hall–Kier alpha value is -3.06. The molecule has 0 saturated carbocycles. The number of nitrogen functional groups attached to an aromatic ring is 1. The molecule has 102 valence electrons. The molecule has 1 aromatic heterocycles. The van der Waals surface area contributed by atoms with Gasteiger partial charge in [0.1, 0.15) is 6.07 Å². The van der Waals surface area contributed by atoms with Gasteiger partial charge in [-0.1, -0.05) is 18.2 Å². The van der Waals surface area contributed by atoms with Crippen molar-refractivity contribution in [3.63, 3.8) is 0 Å². The van der Waals surface area contributed by atoms with Crippen LogP contribution in [0.5, 0.6) is 0 Å². The molecule has 0 bridgehead atoms. The molecule has 0 fully saturated rings. The number of nitrogens with one attached hydrogen (secondary N) is 1. The number of nitriles is 1. The second-order valence-electron chi connectivity index (χ2n) is 4.87. The summed E-state index contributed by atoms with van der Waals surface area (Å²) in [6.45, 7) is 1.97. The highest BCUT2D eigenvalue weighted by Crippen LogP contribution is 2.26. The third kappa shape index (κ3) is 2.49. The molecule has 0 atom stereocenters. The summed E-state index contributed by atoms with van der Waals surface area (Å²) in [5.74, 6) is 0. The Bertz CT molecular complexity index is 862. The minimum absolute atomic E-state index is 0.465. The lowest BCUT2D eigenvalue weighted by Crippen LogP contribution is -1.96. The largest absolute Gasteiger partial charge is 0.398 e. The number of pyridine rings is 1. The summed E-state index contributed by atoms with van der Waals surface area (Å²) in [7, 11) is 0. The Balaban J connectivity index is 2.04. The maximum absolute atomic E-state index is 8.91.